The second kappa shape index (κ2) is 9.91. The number of aliphatic hydroxyl groups excluding tert-OH is 1. The van der Waals surface area contributed by atoms with Crippen molar-refractivity contribution in [1.29, 1.82) is 0 Å². The Morgan fingerprint density at radius 1 is 1.20 bits per heavy atom. The van der Waals surface area contributed by atoms with Crippen molar-refractivity contribution in [2.45, 2.75) is 95.7 Å². The number of alkyl carbamates (subject to hydrolysis) is 1. The van der Waals surface area contributed by atoms with Crippen LogP contribution in [0.4, 0.5) is 4.79 Å². The van der Waals surface area contributed by atoms with Crippen LogP contribution >= 0.6 is 15.9 Å². The molecule has 0 aromatic carbocycles. The summed E-state index contributed by atoms with van der Waals surface area (Å²) in [6, 6.07) is -0.555. The molecule has 1 aliphatic carbocycles. The maximum Gasteiger partial charge on any atom is 0.407 e. The number of amides is 1. The number of halogens is 1. The van der Waals surface area contributed by atoms with Crippen LogP contribution in [0.5, 0.6) is 0 Å². The molecular weight excluding hydrogens is 386 g/mol. The van der Waals surface area contributed by atoms with Gasteiger partial charge in [0.1, 0.15) is 11.4 Å². The lowest BCUT2D eigenvalue weighted by Gasteiger charge is -2.35. The van der Waals surface area contributed by atoms with E-state index >= 15 is 0 Å². The van der Waals surface area contributed by atoms with Gasteiger partial charge in [0.05, 0.1) is 12.1 Å². The first-order valence-electron chi connectivity index (χ1n) is 9.35. The third kappa shape index (κ3) is 8.07. The molecule has 0 heterocycles. The monoisotopic (exact) mass is 419 g/mol. The lowest BCUT2D eigenvalue weighted by molar-refractivity contribution is -0.124. The van der Waals surface area contributed by atoms with E-state index in [-0.39, 0.29) is 22.9 Å². The third-order valence-electron chi connectivity index (χ3n) is 4.60. The number of hydrogen-bond donors (Lipinski definition) is 2. The number of hydrogen-bond acceptors (Lipinski definition) is 4. The summed E-state index contributed by atoms with van der Waals surface area (Å²) < 4.78 is 5.34. The van der Waals surface area contributed by atoms with Gasteiger partial charge in [0.25, 0.3) is 0 Å². The number of ketones is 1. The van der Waals surface area contributed by atoms with Crippen LogP contribution in [0.2, 0.25) is 0 Å². The molecule has 146 valence electrons. The van der Waals surface area contributed by atoms with Gasteiger partial charge in [-0.15, -0.1) is 0 Å². The quantitative estimate of drug-likeness (QED) is 0.606. The van der Waals surface area contributed by atoms with Crippen molar-refractivity contribution in [3.63, 3.8) is 0 Å². The minimum atomic E-state index is -0.936. The van der Waals surface area contributed by atoms with Crippen LogP contribution in [0.15, 0.2) is 0 Å². The zero-order valence-electron chi connectivity index (χ0n) is 16.2. The van der Waals surface area contributed by atoms with Gasteiger partial charge in [0, 0.05) is 17.2 Å². The molecule has 0 unspecified atom stereocenters. The van der Waals surface area contributed by atoms with E-state index in [1.54, 1.807) is 20.8 Å². The standard InChI is InChI=1S/C19H34BrNO4/c1-12(2)14(22)11-15(23)17(21-18(24)25-19(3,4)5)16(20)13-9-7-6-8-10-13/h12-13,15-17,23H,6-11H2,1-5H3,(H,21,24)/t15-,16+,17-/m1/s1. The minimum Gasteiger partial charge on any atom is -0.444 e. The zero-order chi connectivity index (χ0) is 19.2. The lowest BCUT2D eigenvalue weighted by atomic mass is 9.82. The molecule has 5 nitrogen and oxygen atoms in total. The van der Waals surface area contributed by atoms with E-state index in [0.717, 1.165) is 25.7 Å². The number of rotatable bonds is 7. The molecule has 1 amide bonds. The summed E-state index contributed by atoms with van der Waals surface area (Å²) >= 11 is 3.70. The average molecular weight is 420 g/mol. The maximum absolute atomic E-state index is 12.2. The molecule has 2 N–H and O–H groups in total. The summed E-state index contributed by atoms with van der Waals surface area (Å²) in [6.45, 7) is 9.03. The highest BCUT2D eigenvalue weighted by molar-refractivity contribution is 9.09. The van der Waals surface area contributed by atoms with Crippen molar-refractivity contribution in [2.24, 2.45) is 11.8 Å². The fraction of sp³-hybridized carbons (Fsp3) is 0.895. The van der Waals surface area contributed by atoms with Crippen LogP contribution < -0.4 is 5.32 Å². The van der Waals surface area contributed by atoms with Gasteiger partial charge < -0.3 is 15.2 Å². The van der Waals surface area contributed by atoms with E-state index in [1.807, 2.05) is 13.8 Å². The van der Waals surface area contributed by atoms with Crippen molar-refractivity contribution < 1.29 is 19.4 Å². The fourth-order valence-electron chi connectivity index (χ4n) is 3.15. The smallest absolute Gasteiger partial charge is 0.407 e. The minimum absolute atomic E-state index is 0.00756. The van der Waals surface area contributed by atoms with E-state index in [4.69, 9.17) is 4.74 Å². The number of ether oxygens (including phenoxy) is 1. The molecule has 0 spiro atoms. The van der Waals surface area contributed by atoms with E-state index in [0.29, 0.717) is 5.92 Å². The molecule has 0 bridgehead atoms. The van der Waals surface area contributed by atoms with Gasteiger partial charge in [0.2, 0.25) is 0 Å². The van der Waals surface area contributed by atoms with E-state index in [9.17, 15) is 14.7 Å². The summed E-state index contributed by atoms with van der Waals surface area (Å²) in [7, 11) is 0. The van der Waals surface area contributed by atoms with Gasteiger partial charge in [0.15, 0.2) is 0 Å². The number of aliphatic hydroxyl groups is 1. The highest BCUT2D eigenvalue weighted by Gasteiger charge is 2.36. The Kier molecular flexibility index (Phi) is 8.89. The second-order valence-electron chi connectivity index (χ2n) is 8.41. The molecule has 6 heteroatoms. The van der Waals surface area contributed by atoms with Crippen molar-refractivity contribution in [3.8, 4) is 0 Å². The molecule has 3 atom stereocenters. The van der Waals surface area contributed by atoms with Gasteiger partial charge in [-0.25, -0.2) is 4.79 Å². The Bertz CT molecular complexity index is 441. The summed E-state index contributed by atoms with van der Waals surface area (Å²) in [5.74, 6) is 0.226. The van der Waals surface area contributed by atoms with Gasteiger partial charge >= 0.3 is 6.09 Å². The fourth-order valence-corrected chi connectivity index (χ4v) is 4.16. The molecule has 25 heavy (non-hydrogen) atoms. The normalized spacial score (nSPS) is 20.0. The summed E-state index contributed by atoms with van der Waals surface area (Å²) in [6.07, 6.45) is 4.21. The van der Waals surface area contributed by atoms with E-state index < -0.39 is 23.8 Å². The molecule has 1 rings (SSSR count). The number of carbonyl (C=O) groups excluding carboxylic acids is 2. The van der Waals surface area contributed by atoms with Crippen LogP contribution in [0, 0.1) is 11.8 Å². The SMILES string of the molecule is CC(C)C(=O)C[C@@H](O)[C@@H](NC(=O)OC(C)(C)C)[C@@H](Br)C1CCCCC1. The second-order valence-corrected chi connectivity index (χ2v) is 9.46. The number of alkyl halides is 1. The Balaban J connectivity index is 2.84. The van der Waals surface area contributed by atoms with Crippen molar-refractivity contribution in [1.82, 2.24) is 5.32 Å². The van der Waals surface area contributed by atoms with Gasteiger partial charge in [-0.3, -0.25) is 4.79 Å². The lowest BCUT2D eigenvalue weighted by Crippen LogP contribution is -2.53. The zero-order valence-corrected chi connectivity index (χ0v) is 17.8. The number of nitrogens with one attached hydrogen (secondary N) is 1. The van der Waals surface area contributed by atoms with Crippen LogP contribution in [-0.2, 0) is 9.53 Å². The van der Waals surface area contributed by atoms with Crippen molar-refractivity contribution >= 4 is 27.8 Å². The Morgan fingerprint density at radius 3 is 2.24 bits per heavy atom. The van der Waals surface area contributed by atoms with Crippen LogP contribution in [0.1, 0.15) is 73.1 Å². The molecule has 0 saturated heterocycles. The first-order valence-corrected chi connectivity index (χ1v) is 10.3. The Hall–Kier alpha value is -0.620. The molecule has 1 aliphatic rings. The highest BCUT2D eigenvalue weighted by Crippen LogP contribution is 2.33. The molecule has 1 fully saturated rings. The Labute approximate surface area is 160 Å². The van der Waals surface area contributed by atoms with Gasteiger partial charge in [-0.05, 0) is 39.5 Å². The predicted octanol–water partition coefficient (Wildman–Crippen LogP) is 4.20. The van der Waals surface area contributed by atoms with Crippen molar-refractivity contribution in [3.05, 3.63) is 0 Å². The molecule has 0 radical (unpaired) electrons. The molecule has 1 saturated carbocycles. The van der Waals surface area contributed by atoms with Gasteiger partial charge in [-0.2, -0.15) is 0 Å². The maximum atomic E-state index is 12.2. The van der Waals surface area contributed by atoms with Gasteiger partial charge in [-0.1, -0.05) is 49.0 Å². The first-order chi connectivity index (χ1) is 11.5. The number of Topliss-reactive ketones (excluding diaryl/α,β-unsaturated/α-hetero) is 1. The van der Waals surface area contributed by atoms with E-state index in [2.05, 4.69) is 21.2 Å². The first kappa shape index (κ1) is 22.4. The molecule has 0 aliphatic heterocycles. The molecule has 0 aromatic rings. The topological polar surface area (TPSA) is 75.6 Å². The number of carbonyl (C=O) groups is 2. The largest absolute Gasteiger partial charge is 0.444 e. The van der Waals surface area contributed by atoms with E-state index in [1.165, 1.54) is 6.42 Å². The van der Waals surface area contributed by atoms with Crippen LogP contribution in [0.25, 0.3) is 0 Å². The third-order valence-corrected chi connectivity index (χ3v) is 5.91. The molecular formula is C19H34BrNO4. The summed E-state index contributed by atoms with van der Waals surface area (Å²) in [5.41, 5.74) is -0.611. The Morgan fingerprint density at radius 2 is 1.76 bits per heavy atom. The predicted molar refractivity (Wildman–Crippen MR) is 103 cm³/mol. The van der Waals surface area contributed by atoms with Crippen LogP contribution in [0.3, 0.4) is 0 Å². The molecule has 0 aromatic heterocycles. The van der Waals surface area contributed by atoms with Crippen LogP contribution in [-0.4, -0.2) is 39.6 Å². The van der Waals surface area contributed by atoms with Crippen molar-refractivity contribution in [2.75, 3.05) is 0 Å². The summed E-state index contributed by atoms with van der Waals surface area (Å²) in [5, 5.41) is 13.5. The average Bonchev–Trinajstić information content (AvgIpc) is 2.50. The highest BCUT2D eigenvalue weighted by atomic mass is 79.9. The summed E-state index contributed by atoms with van der Waals surface area (Å²) in [4.78, 5) is 24.2.